The fourth-order valence-electron chi connectivity index (χ4n) is 1.94. The van der Waals surface area contributed by atoms with Gasteiger partial charge in [-0.25, -0.2) is 9.18 Å². The second-order valence-corrected chi connectivity index (χ2v) is 5.95. The zero-order chi connectivity index (χ0) is 17.5. The molecule has 0 aliphatic carbocycles. The van der Waals surface area contributed by atoms with Crippen LogP contribution in [0.15, 0.2) is 24.3 Å². The molecule has 8 heteroatoms. The van der Waals surface area contributed by atoms with Crippen LogP contribution < -0.4 is 5.32 Å². The first-order valence-electron chi connectivity index (χ1n) is 7.20. The van der Waals surface area contributed by atoms with Gasteiger partial charge in [0.2, 0.25) is 0 Å². The SMILES string of the molecule is COC(=O)CCCNC(=O)COC(=O)c1cc2c(F)cccc2s1. The van der Waals surface area contributed by atoms with Gasteiger partial charge in [0.15, 0.2) is 6.61 Å². The second kappa shape index (κ2) is 8.39. The topological polar surface area (TPSA) is 81.7 Å². The van der Waals surface area contributed by atoms with Gasteiger partial charge in [-0.3, -0.25) is 9.59 Å². The molecule has 0 radical (unpaired) electrons. The average molecular weight is 353 g/mol. The van der Waals surface area contributed by atoms with E-state index in [9.17, 15) is 18.8 Å². The summed E-state index contributed by atoms with van der Waals surface area (Å²) in [6, 6.07) is 5.98. The van der Waals surface area contributed by atoms with Gasteiger partial charge in [0.1, 0.15) is 10.7 Å². The van der Waals surface area contributed by atoms with E-state index >= 15 is 0 Å². The van der Waals surface area contributed by atoms with Gasteiger partial charge in [-0.05, 0) is 24.6 Å². The van der Waals surface area contributed by atoms with Gasteiger partial charge >= 0.3 is 11.9 Å². The quantitative estimate of drug-likeness (QED) is 0.610. The Morgan fingerprint density at radius 1 is 1.29 bits per heavy atom. The van der Waals surface area contributed by atoms with E-state index in [2.05, 4.69) is 10.1 Å². The van der Waals surface area contributed by atoms with E-state index in [1.807, 2.05) is 0 Å². The number of nitrogens with one attached hydrogen (secondary N) is 1. The summed E-state index contributed by atoms with van der Waals surface area (Å²) in [5, 5.41) is 2.87. The fraction of sp³-hybridized carbons (Fsp3) is 0.312. The molecule has 1 amide bonds. The Balaban J connectivity index is 1.78. The number of fused-ring (bicyclic) bond motifs is 1. The Hall–Kier alpha value is -2.48. The van der Waals surface area contributed by atoms with Crippen LogP contribution in [0.1, 0.15) is 22.5 Å². The summed E-state index contributed by atoms with van der Waals surface area (Å²) in [6.45, 7) is -0.159. The van der Waals surface area contributed by atoms with Crippen LogP contribution in [-0.2, 0) is 19.1 Å². The zero-order valence-corrected chi connectivity index (χ0v) is 13.8. The highest BCUT2D eigenvalue weighted by Gasteiger charge is 2.15. The molecule has 128 valence electrons. The van der Waals surface area contributed by atoms with Gasteiger partial charge in [0.25, 0.3) is 5.91 Å². The number of carbonyl (C=O) groups is 3. The number of hydrogen-bond acceptors (Lipinski definition) is 6. The highest BCUT2D eigenvalue weighted by Crippen LogP contribution is 2.27. The number of methoxy groups -OCH3 is 1. The van der Waals surface area contributed by atoms with Crippen LogP contribution in [-0.4, -0.2) is 38.1 Å². The van der Waals surface area contributed by atoms with Gasteiger partial charge < -0.3 is 14.8 Å². The van der Waals surface area contributed by atoms with Crippen LogP contribution in [0.5, 0.6) is 0 Å². The molecule has 0 fully saturated rings. The number of amides is 1. The van der Waals surface area contributed by atoms with E-state index < -0.39 is 24.3 Å². The van der Waals surface area contributed by atoms with Gasteiger partial charge in [0, 0.05) is 23.1 Å². The van der Waals surface area contributed by atoms with Crippen molar-refractivity contribution in [3.63, 3.8) is 0 Å². The summed E-state index contributed by atoms with van der Waals surface area (Å²) in [7, 11) is 1.29. The maximum atomic E-state index is 13.6. The Labute approximate surface area is 141 Å². The molecule has 2 rings (SSSR count). The molecule has 0 saturated carbocycles. The van der Waals surface area contributed by atoms with Crippen LogP contribution in [0.2, 0.25) is 0 Å². The molecule has 0 spiro atoms. The summed E-state index contributed by atoms with van der Waals surface area (Å²) < 4.78 is 23.6. The maximum Gasteiger partial charge on any atom is 0.348 e. The minimum Gasteiger partial charge on any atom is -0.469 e. The maximum absolute atomic E-state index is 13.6. The molecule has 1 aromatic carbocycles. The molecule has 0 bridgehead atoms. The molecule has 0 saturated heterocycles. The number of halogens is 1. The number of carbonyl (C=O) groups excluding carboxylic acids is 3. The number of benzene rings is 1. The van der Waals surface area contributed by atoms with Crippen LogP contribution in [0.25, 0.3) is 10.1 Å². The van der Waals surface area contributed by atoms with E-state index in [-0.39, 0.29) is 23.8 Å². The number of esters is 2. The fourth-order valence-corrected chi connectivity index (χ4v) is 2.91. The minimum atomic E-state index is -0.680. The van der Waals surface area contributed by atoms with Crippen LogP contribution in [0.4, 0.5) is 4.39 Å². The van der Waals surface area contributed by atoms with Crippen molar-refractivity contribution in [2.45, 2.75) is 12.8 Å². The van der Waals surface area contributed by atoms with Gasteiger partial charge in [-0.1, -0.05) is 6.07 Å². The van der Waals surface area contributed by atoms with E-state index in [0.29, 0.717) is 16.5 Å². The largest absolute Gasteiger partial charge is 0.469 e. The first-order chi connectivity index (χ1) is 11.5. The predicted molar refractivity (Wildman–Crippen MR) is 86.3 cm³/mol. The number of ether oxygens (including phenoxy) is 2. The number of thiophene rings is 1. The molecule has 6 nitrogen and oxygen atoms in total. The van der Waals surface area contributed by atoms with Crippen LogP contribution >= 0.6 is 11.3 Å². The molecule has 1 heterocycles. The van der Waals surface area contributed by atoms with Crippen LogP contribution in [0.3, 0.4) is 0 Å². The summed E-state index contributed by atoms with van der Waals surface area (Å²) in [6.07, 6.45) is 0.631. The van der Waals surface area contributed by atoms with Gasteiger partial charge in [-0.2, -0.15) is 0 Å². The lowest BCUT2D eigenvalue weighted by atomic mass is 10.2. The third kappa shape index (κ3) is 4.76. The minimum absolute atomic E-state index is 0.198. The summed E-state index contributed by atoms with van der Waals surface area (Å²) in [5.41, 5.74) is 0. The highest BCUT2D eigenvalue weighted by atomic mass is 32.1. The summed E-state index contributed by atoms with van der Waals surface area (Å²) in [5.74, 6) is -1.92. The van der Waals surface area contributed by atoms with Crippen molar-refractivity contribution in [1.29, 1.82) is 0 Å². The monoisotopic (exact) mass is 353 g/mol. The lowest BCUT2D eigenvalue weighted by Crippen LogP contribution is -2.29. The molecule has 24 heavy (non-hydrogen) atoms. The molecular weight excluding hydrogens is 337 g/mol. The van der Waals surface area contributed by atoms with Crippen molar-refractivity contribution in [2.24, 2.45) is 0 Å². The van der Waals surface area contributed by atoms with Crippen molar-refractivity contribution in [3.8, 4) is 0 Å². The van der Waals surface area contributed by atoms with Gasteiger partial charge in [0.05, 0.1) is 7.11 Å². The third-order valence-electron chi connectivity index (χ3n) is 3.15. The van der Waals surface area contributed by atoms with Crippen LogP contribution in [0, 0.1) is 5.82 Å². The predicted octanol–water partition coefficient (Wildman–Crippen LogP) is 2.27. The molecule has 0 unspecified atom stereocenters. The zero-order valence-electron chi connectivity index (χ0n) is 13.0. The molecule has 1 N–H and O–H groups in total. The Kier molecular flexibility index (Phi) is 6.25. The van der Waals surface area contributed by atoms with Crippen molar-refractivity contribution >= 4 is 39.3 Å². The third-order valence-corrected chi connectivity index (χ3v) is 4.23. The molecule has 2 aromatic rings. The summed E-state index contributed by atoms with van der Waals surface area (Å²) >= 11 is 1.10. The van der Waals surface area contributed by atoms with Crippen molar-refractivity contribution in [2.75, 3.05) is 20.3 Å². The smallest absolute Gasteiger partial charge is 0.348 e. The Morgan fingerprint density at radius 3 is 2.79 bits per heavy atom. The van der Waals surface area contributed by atoms with E-state index in [0.717, 1.165) is 11.3 Å². The molecule has 0 atom stereocenters. The first kappa shape index (κ1) is 17.9. The Bertz CT molecular complexity index is 758. The molecule has 0 aliphatic rings. The van der Waals surface area contributed by atoms with Crippen molar-refractivity contribution in [1.82, 2.24) is 5.32 Å². The van der Waals surface area contributed by atoms with Gasteiger partial charge in [-0.15, -0.1) is 11.3 Å². The molecule has 0 aliphatic heterocycles. The van der Waals surface area contributed by atoms with E-state index in [1.165, 1.54) is 19.2 Å². The lowest BCUT2D eigenvalue weighted by Gasteiger charge is -2.05. The lowest BCUT2D eigenvalue weighted by molar-refractivity contribution is -0.140. The van der Waals surface area contributed by atoms with E-state index in [1.54, 1.807) is 12.1 Å². The number of rotatable bonds is 7. The van der Waals surface area contributed by atoms with E-state index in [4.69, 9.17) is 4.74 Å². The Morgan fingerprint density at radius 2 is 2.08 bits per heavy atom. The second-order valence-electron chi connectivity index (χ2n) is 4.87. The molecule has 1 aromatic heterocycles. The normalized spacial score (nSPS) is 10.4. The first-order valence-corrected chi connectivity index (χ1v) is 8.01. The van der Waals surface area contributed by atoms with Crippen molar-refractivity contribution < 1.29 is 28.2 Å². The number of hydrogen-bond donors (Lipinski definition) is 1. The highest BCUT2D eigenvalue weighted by molar-refractivity contribution is 7.20. The summed E-state index contributed by atoms with van der Waals surface area (Å²) in [4.78, 5) is 34.6. The molecular formula is C16H16FNO5S. The van der Waals surface area contributed by atoms with Crippen molar-refractivity contribution in [3.05, 3.63) is 35.0 Å². The standard InChI is InChI=1S/C16H16FNO5S/c1-22-15(20)6-3-7-18-14(19)9-23-16(21)13-8-10-11(17)4-2-5-12(10)24-13/h2,4-5,8H,3,6-7,9H2,1H3,(H,18,19). The average Bonchev–Trinajstić information content (AvgIpc) is 3.02.